The van der Waals surface area contributed by atoms with E-state index in [2.05, 4.69) is 10.3 Å². The zero-order valence-corrected chi connectivity index (χ0v) is 10.3. The van der Waals surface area contributed by atoms with E-state index in [1.165, 1.54) is 11.8 Å². The molecule has 2 aliphatic heterocycles. The van der Waals surface area contributed by atoms with Crippen molar-refractivity contribution >= 4 is 16.9 Å². The van der Waals surface area contributed by atoms with Gasteiger partial charge in [0.25, 0.3) is 0 Å². The first-order valence-corrected chi connectivity index (χ1v) is 6.49. The van der Waals surface area contributed by atoms with E-state index in [-0.39, 0.29) is 11.5 Å². The summed E-state index contributed by atoms with van der Waals surface area (Å²) in [6.07, 6.45) is -1.16. The van der Waals surface area contributed by atoms with Crippen molar-refractivity contribution in [3.05, 3.63) is 0 Å². The summed E-state index contributed by atoms with van der Waals surface area (Å²) in [5.74, 6) is 0. The van der Waals surface area contributed by atoms with E-state index in [0.29, 0.717) is 6.42 Å². The Morgan fingerprint density at radius 1 is 1.69 bits per heavy atom. The van der Waals surface area contributed by atoms with Gasteiger partial charge in [-0.05, 0) is 20.3 Å². The van der Waals surface area contributed by atoms with Crippen LogP contribution in [0.25, 0.3) is 0 Å². The SMILES string of the molecule is CCN=C1NC2CC(O)C(C(C)O)OC2S1. The lowest BCUT2D eigenvalue weighted by molar-refractivity contribution is -0.138. The third-order valence-corrected chi connectivity index (χ3v) is 3.95. The predicted molar refractivity (Wildman–Crippen MR) is 63.5 cm³/mol. The molecule has 0 aromatic carbocycles. The summed E-state index contributed by atoms with van der Waals surface area (Å²) < 4.78 is 5.68. The fourth-order valence-electron chi connectivity index (χ4n) is 2.05. The van der Waals surface area contributed by atoms with Gasteiger partial charge in [0.05, 0.1) is 18.2 Å². The van der Waals surface area contributed by atoms with Crippen LogP contribution in [0.15, 0.2) is 4.99 Å². The molecule has 3 N–H and O–H groups in total. The van der Waals surface area contributed by atoms with Gasteiger partial charge in [-0.2, -0.15) is 0 Å². The van der Waals surface area contributed by atoms with Gasteiger partial charge in [0.15, 0.2) is 5.17 Å². The minimum atomic E-state index is -0.649. The van der Waals surface area contributed by atoms with Crippen LogP contribution in [0.2, 0.25) is 0 Å². The molecule has 6 heteroatoms. The second-order valence-corrected chi connectivity index (χ2v) is 5.25. The Labute approximate surface area is 99.3 Å². The first kappa shape index (κ1) is 12.2. The maximum absolute atomic E-state index is 9.83. The monoisotopic (exact) mass is 246 g/mol. The molecule has 0 spiro atoms. The maximum Gasteiger partial charge on any atom is 0.159 e. The number of nitrogens with zero attached hydrogens (tertiary/aromatic N) is 1. The summed E-state index contributed by atoms with van der Waals surface area (Å²) in [7, 11) is 0. The van der Waals surface area contributed by atoms with Gasteiger partial charge in [-0.1, -0.05) is 11.8 Å². The van der Waals surface area contributed by atoms with Crippen molar-refractivity contribution in [3.63, 3.8) is 0 Å². The molecule has 5 atom stereocenters. The Morgan fingerprint density at radius 3 is 3.06 bits per heavy atom. The Kier molecular flexibility index (Phi) is 3.73. The molecule has 0 aromatic heterocycles. The maximum atomic E-state index is 9.83. The molecule has 2 heterocycles. The van der Waals surface area contributed by atoms with Crippen LogP contribution in [0.1, 0.15) is 20.3 Å². The average molecular weight is 246 g/mol. The van der Waals surface area contributed by atoms with E-state index in [9.17, 15) is 10.2 Å². The summed E-state index contributed by atoms with van der Waals surface area (Å²) in [6, 6.07) is 0.0975. The van der Waals surface area contributed by atoms with Crippen molar-refractivity contribution in [3.8, 4) is 0 Å². The number of rotatable bonds is 2. The van der Waals surface area contributed by atoms with Gasteiger partial charge < -0.3 is 20.3 Å². The molecule has 0 aromatic rings. The van der Waals surface area contributed by atoms with Crippen molar-refractivity contribution < 1.29 is 14.9 Å². The van der Waals surface area contributed by atoms with Crippen LogP contribution in [0, 0.1) is 0 Å². The molecule has 5 unspecified atom stereocenters. The van der Waals surface area contributed by atoms with E-state index < -0.39 is 18.3 Å². The highest BCUT2D eigenvalue weighted by Gasteiger charge is 2.44. The van der Waals surface area contributed by atoms with Crippen LogP contribution in [-0.4, -0.2) is 51.7 Å². The zero-order chi connectivity index (χ0) is 11.7. The second-order valence-electron chi connectivity index (χ2n) is 4.16. The van der Waals surface area contributed by atoms with Crippen molar-refractivity contribution in [2.24, 2.45) is 4.99 Å². The third kappa shape index (κ3) is 2.34. The standard InChI is InChI=1S/C10H18N2O3S/c1-3-11-10-12-6-4-7(14)8(5(2)13)15-9(6)16-10/h5-9,13-14H,3-4H2,1-2H3,(H,11,12). The van der Waals surface area contributed by atoms with Gasteiger partial charge in [-0.15, -0.1) is 0 Å². The Bertz CT molecular complexity index is 285. The van der Waals surface area contributed by atoms with Gasteiger partial charge in [0, 0.05) is 6.54 Å². The zero-order valence-electron chi connectivity index (χ0n) is 9.46. The third-order valence-electron chi connectivity index (χ3n) is 2.81. The largest absolute Gasteiger partial charge is 0.391 e. The van der Waals surface area contributed by atoms with Crippen LogP contribution < -0.4 is 5.32 Å². The number of ether oxygens (including phenoxy) is 1. The highest BCUT2D eigenvalue weighted by atomic mass is 32.2. The number of hydrogen-bond acceptors (Lipinski definition) is 5. The fourth-order valence-corrected chi connectivity index (χ4v) is 3.22. The van der Waals surface area contributed by atoms with E-state index in [4.69, 9.17) is 4.74 Å². The van der Waals surface area contributed by atoms with Crippen LogP contribution in [-0.2, 0) is 4.74 Å². The van der Waals surface area contributed by atoms with Gasteiger partial charge >= 0.3 is 0 Å². The van der Waals surface area contributed by atoms with Gasteiger partial charge in [0.2, 0.25) is 0 Å². The number of aliphatic imine (C=N–C) groups is 1. The number of fused-ring (bicyclic) bond motifs is 1. The number of aliphatic hydroxyl groups excluding tert-OH is 2. The number of hydrogen-bond donors (Lipinski definition) is 3. The lowest BCUT2D eigenvalue weighted by Crippen LogP contribution is -2.51. The normalized spacial score (nSPS) is 42.9. The summed E-state index contributed by atoms with van der Waals surface area (Å²) in [5.41, 5.74) is -0.0479. The lowest BCUT2D eigenvalue weighted by atomic mass is 9.98. The minimum absolute atomic E-state index is 0.0479. The molecule has 0 radical (unpaired) electrons. The number of thioether (sulfide) groups is 1. The molecule has 2 rings (SSSR count). The van der Waals surface area contributed by atoms with Gasteiger partial charge in [0.1, 0.15) is 11.5 Å². The molecule has 0 aliphatic carbocycles. The van der Waals surface area contributed by atoms with Crippen LogP contribution in [0.3, 0.4) is 0 Å². The van der Waals surface area contributed by atoms with Crippen molar-refractivity contribution in [2.45, 2.75) is 50.1 Å². The molecule has 0 bridgehead atoms. The fraction of sp³-hybridized carbons (Fsp3) is 0.900. The summed E-state index contributed by atoms with van der Waals surface area (Å²) >= 11 is 1.54. The highest BCUT2D eigenvalue weighted by Crippen LogP contribution is 2.34. The molecule has 92 valence electrons. The Hall–Kier alpha value is -0.300. The molecule has 5 nitrogen and oxygen atoms in total. The molecule has 0 saturated carbocycles. The smallest absolute Gasteiger partial charge is 0.159 e. The lowest BCUT2D eigenvalue weighted by Gasteiger charge is -2.36. The summed E-state index contributed by atoms with van der Waals surface area (Å²) in [4.78, 5) is 4.29. The van der Waals surface area contributed by atoms with E-state index in [1.807, 2.05) is 6.92 Å². The number of amidine groups is 1. The molecule has 0 amide bonds. The Morgan fingerprint density at radius 2 is 2.44 bits per heavy atom. The first-order chi connectivity index (χ1) is 7.61. The van der Waals surface area contributed by atoms with Crippen molar-refractivity contribution in [1.82, 2.24) is 5.32 Å². The van der Waals surface area contributed by atoms with Crippen LogP contribution >= 0.6 is 11.8 Å². The molecule has 2 saturated heterocycles. The van der Waals surface area contributed by atoms with Gasteiger partial charge in [-0.3, -0.25) is 4.99 Å². The molecular weight excluding hydrogens is 228 g/mol. The molecule has 16 heavy (non-hydrogen) atoms. The van der Waals surface area contributed by atoms with E-state index in [1.54, 1.807) is 6.92 Å². The van der Waals surface area contributed by atoms with Crippen molar-refractivity contribution in [2.75, 3.05) is 6.54 Å². The summed E-state index contributed by atoms with van der Waals surface area (Å²) in [6.45, 7) is 4.35. The Balaban J connectivity index is 2.02. The van der Waals surface area contributed by atoms with Crippen molar-refractivity contribution in [1.29, 1.82) is 0 Å². The van der Waals surface area contributed by atoms with Crippen LogP contribution in [0.4, 0.5) is 0 Å². The van der Waals surface area contributed by atoms with E-state index >= 15 is 0 Å². The first-order valence-electron chi connectivity index (χ1n) is 5.61. The molecule has 2 aliphatic rings. The van der Waals surface area contributed by atoms with Crippen LogP contribution in [0.5, 0.6) is 0 Å². The summed E-state index contributed by atoms with van der Waals surface area (Å²) in [5, 5.41) is 23.4. The number of aliphatic hydroxyl groups is 2. The minimum Gasteiger partial charge on any atom is -0.391 e. The quantitative estimate of drug-likeness (QED) is 0.636. The molecular formula is C10H18N2O3S. The second kappa shape index (κ2) is 4.91. The van der Waals surface area contributed by atoms with E-state index in [0.717, 1.165) is 11.7 Å². The number of nitrogens with one attached hydrogen (secondary N) is 1. The predicted octanol–water partition coefficient (Wildman–Crippen LogP) is -0.0760. The average Bonchev–Trinajstić information content (AvgIpc) is 2.58. The highest BCUT2D eigenvalue weighted by molar-refractivity contribution is 8.14. The topological polar surface area (TPSA) is 74.1 Å². The van der Waals surface area contributed by atoms with Gasteiger partial charge in [-0.25, -0.2) is 0 Å². The molecule has 2 fully saturated rings.